The molecule has 2 rings (SSSR count). The number of cyclic esters (lactones) is 1. The van der Waals surface area contributed by atoms with Crippen LogP contribution in [0, 0.1) is 0 Å². The molecule has 1 N–H and O–H groups in total. The Hall–Kier alpha value is -1.14. The summed E-state index contributed by atoms with van der Waals surface area (Å²) in [5.74, 6) is -0.153. The van der Waals surface area contributed by atoms with Crippen LogP contribution in [-0.2, 0) is 9.53 Å². The molecule has 0 saturated carbocycles. The summed E-state index contributed by atoms with van der Waals surface area (Å²) in [5.41, 5.74) is 0. The highest BCUT2D eigenvalue weighted by molar-refractivity contribution is 5.94. The van der Waals surface area contributed by atoms with Gasteiger partial charge in [0.25, 0.3) is 0 Å². The molecule has 2 amide bonds. The smallest absolute Gasteiger partial charge is 0.416 e. The molecule has 2 aliphatic rings. The lowest BCUT2D eigenvalue weighted by molar-refractivity contribution is -0.128. The van der Waals surface area contributed by atoms with Crippen LogP contribution in [-0.4, -0.2) is 67.7 Å². The molecule has 2 fully saturated rings. The van der Waals surface area contributed by atoms with Crippen molar-refractivity contribution >= 4 is 12.0 Å². The molecule has 0 radical (unpaired) electrons. The second kappa shape index (κ2) is 4.80. The molecule has 90 valence electrons. The number of imide groups is 1. The molecule has 1 unspecified atom stereocenters. The first-order chi connectivity index (χ1) is 7.70. The molecule has 2 heterocycles. The van der Waals surface area contributed by atoms with Gasteiger partial charge in [-0.25, -0.2) is 9.69 Å². The second-order valence-corrected chi connectivity index (χ2v) is 4.17. The summed E-state index contributed by atoms with van der Waals surface area (Å²) < 4.78 is 4.73. The molecule has 16 heavy (non-hydrogen) atoms. The Morgan fingerprint density at radius 3 is 2.94 bits per heavy atom. The predicted octanol–water partition coefficient (Wildman–Crippen LogP) is -0.741. The zero-order valence-electron chi connectivity index (χ0n) is 9.44. The number of nitrogens with one attached hydrogen (secondary N) is 1. The summed E-state index contributed by atoms with van der Waals surface area (Å²) in [6.45, 7) is 2.79. The molecule has 0 bridgehead atoms. The first-order valence-corrected chi connectivity index (χ1v) is 5.57. The van der Waals surface area contributed by atoms with Crippen LogP contribution in [0.15, 0.2) is 0 Å². The second-order valence-electron chi connectivity index (χ2n) is 4.17. The average Bonchev–Trinajstić information content (AvgIpc) is 2.86. The number of nitrogens with zero attached hydrogens (tertiary/aromatic N) is 2. The number of carbonyl (C=O) groups is 2. The van der Waals surface area contributed by atoms with Crippen molar-refractivity contribution in [3.63, 3.8) is 0 Å². The summed E-state index contributed by atoms with van der Waals surface area (Å²) in [4.78, 5) is 26.2. The van der Waals surface area contributed by atoms with Crippen molar-refractivity contribution in [3.8, 4) is 0 Å². The van der Waals surface area contributed by atoms with Gasteiger partial charge in [0.05, 0.1) is 13.1 Å². The monoisotopic (exact) mass is 227 g/mol. The zero-order valence-corrected chi connectivity index (χ0v) is 9.44. The first-order valence-electron chi connectivity index (χ1n) is 5.57. The maximum Gasteiger partial charge on any atom is 0.416 e. The van der Waals surface area contributed by atoms with Gasteiger partial charge in [0.1, 0.15) is 6.61 Å². The molecule has 0 aromatic heterocycles. The molecule has 0 aromatic carbocycles. The van der Waals surface area contributed by atoms with E-state index >= 15 is 0 Å². The van der Waals surface area contributed by atoms with E-state index in [1.807, 2.05) is 7.05 Å². The molecular formula is C10H17N3O3. The normalized spacial score (nSPS) is 26.2. The highest BCUT2D eigenvalue weighted by atomic mass is 16.6. The number of likely N-dealkylation sites (N-methyl/N-ethyl adjacent to an activating group) is 1. The minimum atomic E-state index is -0.505. The van der Waals surface area contributed by atoms with Crippen molar-refractivity contribution in [2.75, 3.05) is 39.8 Å². The third-order valence-electron chi connectivity index (χ3n) is 3.10. The Morgan fingerprint density at radius 1 is 1.56 bits per heavy atom. The lowest BCUT2D eigenvalue weighted by Crippen LogP contribution is -2.41. The quantitative estimate of drug-likeness (QED) is 0.688. The number of hydrogen-bond acceptors (Lipinski definition) is 5. The maximum atomic E-state index is 11.8. The largest absolute Gasteiger partial charge is 0.447 e. The fourth-order valence-corrected chi connectivity index (χ4v) is 2.11. The number of amides is 2. The van der Waals surface area contributed by atoms with E-state index in [0.717, 1.165) is 19.5 Å². The van der Waals surface area contributed by atoms with Gasteiger partial charge in [-0.1, -0.05) is 0 Å². The lowest BCUT2D eigenvalue weighted by Gasteiger charge is -2.18. The van der Waals surface area contributed by atoms with Gasteiger partial charge in [0, 0.05) is 19.1 Å². The number of ether oxygens (including phenoxy) is 1. The summed E-state index contributed by atoms with van der Waals surface area (Å²) in [6, 6.07) is 0.457. The van der Waals surface area contributed by atoms with Gasteiger partial charge < -0.3 is 10.1 Å². The fourth-order valence-electron chi connectivity index (χ4n) is 2.11. The van der Waals surface area contributed by atoms with Crippen LogP contribution < -0.4 is 5.32 Å². The summed E-state index contributed by atoms with van der Waals surface area (Å²) in [6.07, 6.45) is 0.545. The van der Waals surface area contributed by atoms with Crippen molar-refractivity contribution in [2.45, 2.75) is 12.5 Å². The molecule has 0 aliphatic carbocycles. The molecule has 1 atom stereocenters. The van der Waals surface area contributed by atoms with E-state index < -0.39 is 6.09 Å². The van der Waals surface area contributed by atoms with Crippen LogP contribution in [0.5, 0.6) is 0 Å². The van der Waals surface area contributed by atoms with Crippen LogP contribution in [0.25, 0.3) is 0 Å². The fraction of sp³-hybridized carbons (Fsp3) is 0.800. The van der Waals surface area contributed by atoms with E-state index in [2.05, 4.69) is 10.2 Å². The summed E-state index contributed by atoms with van der Waals surface area (Å²) >= 11 is 0. The molecule has 6 nitrogen and oxygen atoms in total. The van der Waals surface area contributed by atoms with Gasteiger partial charge in [-0.2, -0.15) is 0 Å². The Balaban J connectivity index is 1.81. The Bertz CT molecular complexity index is 295. The summed E-state index contributed by atoms with van der Waals surface area (Å²) in [5, 5.41) is 3.19. The van der Waals surface area contributed by atoms with Crippen LogP contribution in [0.3, 0.4) is 0 Å². The zero-order chi connectivity index (χ0) is 11.5. The molecule has 6 heteroatoms. The van der Waals surface area contributed by atoms with Crippen molar-refractivity contribution in [3.05, 3.63) is 0 Å². The third kappa shape index (κ3) is 2.33. The molecule has 0 aromatic rings. The highest BCUT2D eigenvalue weighted by Crippen LogP contribution is 2.10. The SMILES string of the molecule is CNC1CCN(CC(=O)N2CCOC2=O)C1. The Morgan fingerprint density at radius 2 is 2.38 bits per heavy atom. The van der Waals surface area contributed by atoms with Crippen LogP contribution in [0.2, 0.25) is 0 Å². The van der Waals surface area contributed by atoms with Crippen molar-refractivity contribution < 1.29 is 14.3 Å². The number of carbonyl (C=O) groups excluding carboxylic acids is 2. The van der Waals surface area contributed by atoms with Crippen molar-refractivity contribution in [2.24, 2.45) is 0 Å². The summed E-state index contributed by atoms with van der Waals surface area (Å²) in [7, 11) is 1.92. The topological polar surface area (TPSA) is 61.9 Å². The average molecular weight is 227 g/mol. The molecule has 2 saturated heterocycles. The van der Waals surface area contributed by atoms with Gasteiger partial charge in [0.2, 0.25) is 5.91 Å². The number of rotatable bonds is 3. The van der Waals surface area contributed by atoms with E-state index in [1.165, 1.54) is 4.90 Å². The number of hydrogen-bond donors (Lipinski definition) is 1. The van der Waals surface area contributed by atoms with Crippen LogP contribution in [0.4, 0.5) is 4.79 Å². The van der Waals surface area contributed by atoms with Crippen molar-refractivity contribution in [1.82, 2.24) is 15.1 Å². The molecule has 2 aliphatic heterocycles. The van der Waals surface area contributed by atoms with E-state index in [4.69, 9.17) is 4.74 Å². The first kappa shape index (κ1) is 11.3. The van der Waals surface area contributed by atoms with Crippen molar-refractivity contribution in [1.29, 1.82) is 0 Å². The van der Waals surface area contributed by atoms with Gasteiger partial charge in [0.15, 0.2) is 0 Å². The Kier molecular flexibility index (Phi) is 3.40. The highest BCUT2D eigenvalue weighted by Gasteiger charge is 2.31. The predicted molar refractivity (Wildman–Crippen MR) is 57.0 cm³/mol. The van der Waals surface area contributed by atoms with Crippen LogP contribution in [0.1, 0.15) is 6.42 Å². The van der Waals surface area contributed by atoms with Crippen LogP contribution >= 0.6 is 0 Å². The minimum absolute atomic E-state index is 0.153. The minimum Gasteiger partial charge on any atom is -0.447 e. The van der Waals surface area contributed by atoms with E-state index in [-0.39, 0.29) is 5.91 Å². The van der Waals surface area contributed by atoms with E-state index in [0.29, 0.717) is 25.7 Å². The van der Waals surface area contributed by atoms with E-state index in [1.54, 1.807) is 0 Å². The van der Waals surface area contributed by atoms with Gasteiger partial charge in [-0.3, -0.25) is 9.69 Å². The maximum absolute atomic E-state index is 11.8. The standard InChI is InChI=1S/C10H17N3O3/c1-11-8-2-3-12(6-8)7-9(14)13-4-5-16-10(13)15/h8,11H,2-7H2,1H3. The van der Waals surface area contributed by atoms with Gasteiger partial charge in [-0.05, 0) is 13.5 Å². The number of likely N-dealkylation sites (tertiary alicyclic amines) is 1. The molecule has 0 spiro atoms. The van der Waals surface area contributed by atoms with E-state index in [9.17, 15) is 9.59 Å². The van der Waals surface area contributed by atoms with Gasteiger partial charge >= 0.3 is 6.09 Å². The Labute approximate surface area is 94.5 Å². The third-order valence-corrected chi connectivity index (χ3v) is 3.10. The lowest BCUT2D eigenvalue weighted by atomic mass is 10.3. The van der Waals surface area contributed by atoms with Gasteiger partial charge in [-0.15, -0.1) is 0 Å². The molecular weight excluding hydrogens is 210 g/mol.